The summed E-state index contributed by atoms with van der Waals surface area (Å²) in [5.41, 5.74) is -1.05. The van der Waals surface area contributed by atoms with Gasteiger partial charge in [0.05, 0.1) is 5.92 Å². The lowest BCUT2D eigenvalue weighted by molar-refractivity contribution is -0.163. The smallest absolute Gasteiger partial charge is 0.242 e. The first-order chi connectivity index (χ1) is 5.80. The molecule has 2 amide bonds. The summed E-state index contributed by atoms with van der Waals surface area (Å²) < 4.78 is 0. The lowest BCUT2D eigenvalue weighted by Crippen LogP contribution is -2.56. The van der Waals surface area contributed by atoms with Crippen molar-refractivity contribution in [1.29, 1.82) is 0 Å². The molecule has 0 spiro atoms. The number of hydrogen-bond acceptors (Lipinski definition) is 3. The molecule has 0 N–H and O–H groups in total. The number of imide groups is 1. The maximum absolute atomic E-state index is 11.5. The maximum atomic E-state index is 11.5. The summed E-state index contributed by atoms with van der Waals surface area (Å²) in [6, 6.07) is 0. The summed E-state index contributed by atoms with van der Waals surface area (Å²) in [5.74, 6) is -1.81. The van der Waals surface area contributed by atoms with E-state index in [-0.39, 0.29) is 5.78 Å². The number of Topliss-reactive ketones (excluding diaryl/α,β-unsaturated/α-hetero) is 1. The van der Waals surface area contributed by atoms with Gasteiger partial charge in [-0.25, -0.2) is 0 Å². The number of rotatable bonds is 0. The van der Waals surface area contributed by atoms with Crippen molar-refractivity contribution >= 4 is 17.6 Å². The van der Waals surface area contributed by atoms with Gasteiger partial charge in [-0.1, -0.05) is 0 Å². The monoisotopic (exact) mass is 183 g/mol. The van der Waals surface area contributed by atoms with Gasteiger partial charge < -0.3 is 0 Å². The van der Waals surface area contributed by atoms with E-state index in [1.54, 1.807) is 13.8 Å². The molecule has 1 heterocycles. The maximum Gasteiger partial charge on any atom is 0.242 e. The summed E-state index contributed by atoms with van der Waals surface area (Å²) >= 11 is 0. The van der Waals surface area contributed by atoms with Gasteiger partial charge >= 0.3 is 0 Å². The number of piperidine rings is 1. The van der Waals surface area contributed by atoms with Crippen LogP contribution < -0.4 is 0 Å². The van der Waals surface area contributed by atoms with E-state index in [4.69, 9.17) is 0 Å². The van der Waals surface area contributed by atoms with Crippen molar-refractivity contribution in [3.8, 4) is 0 Å². The molecule has 1 rings (SSSR count). The van der Waals surface area contributed by atoms with Gasteiger partial charge in [-0.2, -0.15) is 0 Å². The van der Waals surface area contributed by atoms with Gasteiger partial charge in [0.1, 0.15) is 5.41 Å². The minimum atomic E-state index is -1.05. The van der Waals surface area contributed by atoms with Gasteiger partial charge in [-0.05, 0) is 20.8 Å². The zero-order valence-electron chi connectivity index (χ0n) is 8.25. The molecule has 1 aliphatic heterocycles. The largest absolute Gasteiger partial charge is 0.298 e. The fraction of sp³-hybridized carbons (Fsp3) is 0.667. The van der Waals surface area contributed by atoms with Gasteiger partial charge in [-0.3, -0.25) is 19.3 Å². The summed E-state index contributed by atoms with van der Waals surface area (Å²) in [5, 5.41) is 0. The molecule has 1 aliphatic rings. The Morgan fingerprint density at radius 3 is 2.15 bits per heavy atom. The minimum Gasteiger partial charge on any atom is -0.298 e. The first-order valence-electron chi connectivity index (χ1n) is 4.16. The van der Waals surface area contributed by atoms with Gasteiger partial charge in [-0.15, -0.1) is 0 Å². The normalized spacial score (nSPS) is 28.2. The van der Waals surface area contributed by atoms with E-state index in [9.17, 15) is 14.4 Å². The van der Waals surface area contributed by atoms with E-state index in [1.807, 2.05) is 0 Å². The Balaban J connectivity index is 3.15. The SMILES string of the molecule is CC1C(=O)N(C)C(=O)C(C)(C)C1=O. The Bertz CT molecular complexity index is 267. The van der Waals surface area contributed by atoms with Crippen LogP contribution in [0.15, 0.2) is 0 Å². The van der Waals surface area contributed by atoms with E-state index < -0.39 is 23.1 Å². The summed E-state index contributed by atoms with van der Waals surface area (Å²) in [6.45, 7) is 4.64. The number of hydrogen-bond donors (Lipinski definition) is 0. The topological polar surface area (TPSA) is 54.5 Å². The molecule has 0 radical (unpaired) electrons. The predicted molar refractivity (Wildman–Crippen MR) is 45.7 cm³/mol. The molecule has 0 aliphatic carbocycles. The zero-order valence-corrected chi connectivity index (χ0v) is 8.25. The molecule has 0 aromatic heterocycles. The van der Waals surface area contributed by atoms with Gasteiger partial charge in [0, 0.05) is 7.05 Å². The highest BCUT2D eigenvalue weighted by Gasteiger charge is 2.49. The van der Waals surface area contributed by atoms with Crippen LogP contribution in [0.5, 0.6) is 0 Å². The molecular formula is C9H13NO3. The second-order valence-electron chi connectivity index (χ2n) is 3.91. The highest BCUT2D eigenvalue weighted by molar-refractivity contribution is 6.21. The quantitative estimate of drug-likeness (QED) is 0.398. The fourth-order valence-electron chi connectivity index (χ4n) is 1.57. The number of likely N-dealkylation sites (tertiary alicyclic amines) is 1. The van der Waals surface area contributed by atoms with Crippen LogP contribution in [0, 0.1) is 11.3 Å². The fourth-order valence-corrected chi connectivity index (χ4v) is 1.57. The third kappa shape index (κ3) is 1.17. The second-order valence-corrected chi connectivity index (χ2v) is 3.91. The zero-order chi connectivity index (χ0) is 10.4. The molecule has 1 saturated heterocycles. The molecule has 0 aromatic carbocycles. The van der Waals surface area contributed by atoms with Crippen LogP contribution in [0.25, 0.3) is 0 Å². The molecule has 0 saturated carbocycles. The lowest BCUT2D eigenvalue weighted by Gasteiger charge is -2.35. The van der Waals surface area contributed by atoms with Crippen molar-refractivity contribution in [1.82, 2.24) is 4.90 Å². The molecule has 4 nitrogen and oxygen atoms in total. The Morgan fingerprint density at radius 1 is 1.23 bits per heavy atom. The Hall–Kier alpha value is -1.19. The molecule has 72 valence electrons. The van der Waals surface area contributed by atoms with Crippen LogP contribution in [0.1, 0.15) is 20.8 Å². The molecule has 1 fully saturated rings. The van der Waals surface area contributed by atoms with Crippen molar-refractivity contribution in [3.05, 3.63) is 0 Å². The van der Waals surface area contributed by atoms with Crippen LogP contribution in [-0.2, 0) is 14.4 Å². The van der Waals surface area contributed by atoms with E-state index >= 15 is 0 Å². The van der Waals surface area contributed by atoms with Gasteiger partial charge in [0.15, 0.2) is 5.78 Å². The third-order valence-electron chi connectivity index (χ3n) is 2.55. The Labute approximate surface area is 76.9 Å². The molecule has 0 bridgehead atoms. The molecule has 1 atom stereocenters. The number of nitrogens with zero attached hydrogens (tertiary/aromatic N) is 1. The summed E-state index contributed by atoms with van der Waals surface area (Å²) in [4.78, 5) is 35.4. The first kappa shape index (κ1) is 9.89. The van der Waals surface area contributed by atoms with Crippen LogP contribution in [-0.4, -0.2) is 29.5 Å². The second kappa shape index (κ2) is 2.65. The van der Waals surface area contributed by atoms with Crippen molar-refractivity contribution in [3.63, 3.8) is 0 Å². The highest BCUT2D eigenvalue weighted by atomic mass is 16.2. The van der Waals surface area contributed by atoms with E-state index in [0.29, 0.717) is 0 Å². The standard InChI is InChI=1S/C9H13NO3/c1-5-6(11)9(2,3)8(13)10(4)7(5)12/h5H,1-4H3. The van der Waals surface area contributed by atoms with Crippen LogP contribution in [0.4, 0.5) is 0 Å². The van der Waals surface area contributed by atoms with Crippen LogP contribution >= 0.6 is 0 Å². The average Bonchev–Trinajstić information content (AvgIpc) is 2.09. The predicted octanol–water partition coefficient (Wildman–Crippen LogP) is 0.216. The molecule has 4 heteroatoms. The van der Waals surface area contributed by atoms with Crippen molar-refractivity contribution < 1.29 is 14.4 Å². The minimum absolute atomic E-state index is 0.291. The van der Waals surface area contributed by atoms with Crippen LogP contribution in [0.3, 0.4) is 0 Å². The van der Waals surface area contributed by atoms with Crippen molar-refractivity contribution in [2.45, 2.75) is 20.8 Å². The van der Waals surface area contributed by atoms with E-state index in [0.717, 1.165) is 4.90 Å². The molecule has 1 unspecified atom stereocenters. The first-order valence-corrected chi connectivity index (χ1v) is 4.16. The molecule has 0 aromatic rings. The molecule has 13 heavy (non-hydrogen) atoms. The average molecular weight is 183 g/mol. The van der Waals surface area contributed by atoms with Crippen molar-refractivity contribution in [2.75, 3.05) is 7.05 Å². The van der Waals surface area contributed by atoms with Gasteiger partial charge in [0.2, 0.25) is 11.8 Å². The number of carbonyl (C=O) groups is 3. The summed E-state index contributed by atoms with van der Waals surface area (Å²) in [7, 11) is 1.41. The Morgan fingerprint density at radius 2 is 1.69 bits per heavy atom. The third-order valence-corrected chi connectivity index (χ3v) is 2.55. The lowest BCUT2D eigenvalue weighted by atomic mass is 9.77. The highest BCUT2D eigenvalue weighted by Crippen LogP contribution is 2.29. The molecular weight excluding hydrogens is 170 g/mol. The number of amides is 2. The summed E-state index contributed by atoms with van der Waals surface area (Å²) in [6.07, 6.45) is 0. The Kier molecular flexibility index (Phi) is 2.02. The number of ketones is 1. The van der Waals surface area contributed by atoms with Crippen molar-refractivity contribution in [2.24, 2.45) is 11.3 Å². The van der Waals surface area contributed by atoms with E-state index in [2.05, 4.69) is 0 Å². The van der Waals surface area contributed by atoms with Gasteiger partial charge in [0.25, 0.3) is 0 Å². The van der Waals surface area contributed by atoms with Crippen LogP contribution in [0.2, 0.25) is 0 Å². The van der Waals surface area contributed by atoms with E-state index in [1.165, 1.54) is 14.0 Å². The number of carbonyl (C=O) groups excluding carboxylic acids is 3.